The summed E-state index contributed by atoms with van der Waals surface area (Å²) >= 11 is 0. The Morgan fingerprint density at radius 3 is 2.96 bits per heavy atom. The van der Waals surface area contributed by atoms with Gasteiger partial charge in [-0.2, -0.15) is 5.10 Å². The van der Waals surface area contributed by atoms with Crippen LogP contribution in [0.15, 0.2) is 24.3 Å². The number of aryl methyl sites for hydroxylation is 1. The summed E-state index contributed by atoms with van der Waals surface area (Å²) in [5.74, 6) is 1.32. The van der Waals surface area contributed by atoms with Crippen molar-refractivity contribution in [3.63, 3.8) is 0 Å². The number of carbonyl (C=O) groups excluding carboxylic acids is 2. The van der Waals surface area contributed by atoms with Crippen LogP contribution in [0.2, 0.25) is 0 Å². The number of aromatic nitrogens is 2. The zero-order chi connectivity index (χ0) is 19.7. The number of hydrogen-bond acceptors (Lipinski definition) is 6. The number of nitrogens with one attached hydrogen (secondary N) is 3. The van der Waals surface area contributed by atoms with Gasteiger partial charge in [0.15, 0.2) is 17.8 Å². The molecule has 2 aliphatic rings. The molecular formula is C19H23N5O4. The van der Waals surface area contributed by atoms with E-state index in [1.807, 2.05) is 6.92 Å². The third kappa shape index (κ3) is 3.65. The lowest BCUT2D eigenvalue weighted by molar-refractivity contribution is -0.125. The molecule has 28 heavy (non-hydrogen) atoms. The van der Waals surface area contributed by atoms with Crippen LogP contribution < -0.4 is 25.4 Å². The molecule has 9 heteroatoms. The molecule has 3 N–H and O–H groups in total. The number of carbonyl (C=O) groups is 2. The van der Waals surface area contributed by atoms with Gasteiger partial charge in [-0.25, -0.2) is 4.68 Å². The average Bonchev–Trinajstić information content (AvgIpc) is 3.27. The Kier molecular flexibility index (Phi) is 4.91. The number of fused-ring (bicyclic) bond motifs is 1. The molecule has 2 aliphatic heterocycles. The number of amides is 2. The van der Waals surface area contributed by atoms with Gasteiger partial charge in [0.2, 0.25) is 12.7 Å². The maximum absolute atomic E-state index is 12.7. The van der Waals surface area contributed by atoms with Gasteiger partial charge in [-0.15, -0.1) is 0 Å². The number of anilines is 1. The van der Waals surface area contributed by atoms with Crippen molar-refractivity contribution in [2.45, 2.75) is 45.4 Å². The molecule has 148 valence electrons. The fourth-order valence-electron chi connectivity index (χ4n) is 3.46. The van der Waals surface area contributed by atoms with Gasteiger partial charge in [0.1, 0.15) is 5.82 Å². The normalized spacial score (nSPS) is 20.7. The van der Waals surface area contributed by atoms with Crippen LogP contribution in [0.25, 0.3) is 0 Å². The molecule has 3 heterocycles. The standard InChI is InChI=1S/C19H23N5O4/c1-3-4-13-9-17(25)22-19(20-13)24-16(7-11(2)23-24)21-18(26)12-5-6-14-15(8-12)28-10-27-14/h5-8,13,19-20H,3-4,9-10H2,1-2H3,(H,21,26)(H,22,25). The number of benzene rings is 1. The molecule has 2 aromatic rings. The summed E-state index contributed by atoms with van der Waals surface area (Å²) in [6, 6.07) is 6.86. The smallest absolute Gasteiger partial charge is 0.256 e. The van der Waals surface area contributed by atoms with E-state index in [1.165, 1.54) is 0 Å². The maximum atomic E-state index is 12.7. The van der Waals surface area contributed by atoms with Crippen molar-refractivity contribution in [1.82, 2.24) is 20.4 Å². The van der Waals surface area contributed by atoms with E-state index < -0.39 is 6.29 Å². The van der Waals surface area contributed by atoms with Crippen LogP contribution in [-0.2, 0) is 4.79 Å². The molecule has 0 radical (unpaired) electrons. The zero-order valence-electron chi connectivity index (χ0n) is 15.8. The summed E-state index contributed by atoms with van der Waals surface area (Å²) in [6.45, 7) is 4.07. The molecule has 1 aromatic carbocycles. The van der Waals surface area contributed by atoms with Gasteiger partial charge < -0.3 is 20.1 Å². The highest BCUT2D eigenvalue weighted by Gasteiger charge is 2.28. The molecular weight excluding hydrogens is 362 g/mol. The lowest BCUT2D eigenvalue weighted by atomic mass is 10.1. The minimum absolute atomic E-state index is 0.0385. The Labute approximate surface area is 162 Å². The van der Waals surface area contributed by atoms with E-state index in [1.54, 1.807) is 28.9 Å². The average molecular weight is 385 g/mol. The summed E-state index contributed by atoms with van der Waals surface area (Å²) < 4.78 is 12.2. The van der Waals surface area contributed by atoms with Crippen LogP contribution in [0.3, 0.4) is 0 Å². The lowest BCUT2D eigenvalue weighted by Crippen LogP contribution is -2.53. The number of nitrogens with zero attached hydrogens (tertiary/aromatic N) is 2. The van der Waals surface area contributed by atoms with Crippen LogP contribution in [0, 0.1) is 6.92 Å². The molecule has 2 unspecified atom stereocenters. The molecule has 1 aromatic heterocycles. The van der Waals surface area contributed by atoms with E-state index in [-0.39, 0.29) is 24.6 Å². The molecule has 1 saturated heterocycles. The predicted octanol–water partition coefficient (Wildman–Crippen LogP) is 1.91. The van der Waals surface area contributed by atoms with Crippen LogP contribution in [0.5, 0.6) is 11.5 Å². The van der Waals surface area contributed by atoms with Crippen LogP contribution in [-0.4, -0.2) is 34.4 Å². The van der Waals surface area contributed by atoms with Crippen molar-refractivity contribution in [2.24, 2.45) is 0 Å². The van der Waals surface area contributed by atoms with Crippen LogP contribution >= 0.6 is 0 Å². The first-order valence-corrected chi connectivity index (χ1v) is 9.36. The third-order valence-electron chi connectivity index (χ3n) is 4.74. The minimum Gasteiger partial charge on any atom is -0.454 e. The van der Waals surface area contributed by atoms with Crippen molar-refractivity contribution in [3.05, 3.63) is 35.5 Å². The van der Waals surface area contributed by atoms with Gasteiger partial charge in [0, 0.05) is 24.1 Å². The van der Waals surface area contributed by atoms with Crippen molar-refractivity contribution in [2.75, 3.05) is 12.1 Å². The first kappa shape index (κ1) is 18.3. The Morgan fingerprint density at radius 2 is 2.14 bits per heavy atom. The van der Waals surface area contributed by atoms with E-state index >= 15 is 0 Å². The molecule has 1 fully saturated rings. The number of rotatable bonds is 5. The van der Waals surface area contributed by atoms with Gasteiger partial charge in [-0.3, -0.25) is 14.9 Å². The molecule has 0 aliphatic carbocycles. The van der Waals surface area contributed by atoms with Gasteiger partial charge in [-0.05, 0) is 31.5 Å². The van der Waals surface area contributed by atoms with Gasteiger partial charge >= 0.3 is 0 Å². The predicted molar refractivity (Wildman–Crippen MR) is 101 cm³/mol. The highest BCUT2D eigenvalue weighted by molar-refractivity contribution is 6.04. The minimum atomic E-state index is -0.515. The SMILES string of the molecule is CCCC1CC(=O)NC(n2nc(C)cc2NC(=O)c2ccc3c(c2)OCO3)N1. The third-order valence-corrected chi connectivity index (χ3v) is 4.74. The monoisotopic (exact) mass is 385 g/mol. The van der Waals surface area contributed by atoms with E-state index in [0.29, 0.717) is 29.3 Å². The molecule has 0 spiro atoms. The summed E-state index contributed by atoms with van der Waals surface area (Å²) in [6.07, 6.45) is 1.79. The van der Waals surface area contributed by atoms with Crippen LogP contribution in [0.1, 0.15) is 48.5 Å². The van der Waals surface area contributed by atoms with Crippen molar-refractivity contribution < 1.29 is 19.1 Å². The first-order chi connectivity index (χ1) is 13.5. The summed E-state index contributed by atoms with van der Waals surface area (Å²) in [5, 5.41) is 13.6. The van der Waals surface area contributed by atoms with Crippen molar-refractivity contribution >= 4 is 17.6 Å². The Morgan fingerprint density at radius 1 is 1.32 bits per heavy atom. The topological polar surface area (TPSA) is 107 Å². The largest absolute Gasteiger partial charge is 0.454 e. The van der Waals surface area contributed by atoms with E-state index in [9.17, 15) is 9.59 Å². The summed E-state index contributed by atoms with van der Waals surface area (Å²) in [5.41, 5.74) is 1.17. The molecule has 2 amide bonds. The second kappa shape index (κ2) is 7.51. The van der Waals surface area contributed by atoms with E-state index in [2.05, 4.69) is 28.0 Å². The Hall–Kier alpha value is -3.07. The Bertz CT molecular complexity index is 910. The maximum Gasteiger partial charge on any atom is 0.256 e. The van der Waals surface area contributed by atoms with E-state index in [0.717, 1.165) is 18.5 Å². The second-order valence-electron chi connectivity index (χ2n) is 6.96. The fraction of sp³-hybridized carbons (Fsp3) is 0.421. The van der Waals surface area contributed by atoms with Gasteiger partial charge in [0.25, 0.3) is 5.91 Å². The molecule has 2 atom stereocenters. The molecule has 0 saturated carbocycles. The highest BCUT2D eigenvalue weighted by atomic mass is 16.7. The number of ether oxygens (including phenoxy) is 2. The van der Waals surface area contributed by atoms with Crippen LogP contribution in [0.4, 0.5) is 5.82 Å². The molecule has 9 nitrogen and oxygen atoms in total. The second-order valence-corrected chi connectivity index (χ2v) is 6.96. The lowest BCUT2D eigenvalue weighted by Gasteiger charge is -2.32. The number of hydrogen-bond donors (Lipinski definition) is 3. The molecule has 0 bridgehead atoms. The fourth-order valence-corrected chi connectivity index (χ4v) is 3.46. The quantitative estimate of drug-likeness (QED) is 0.726. The zero-order valence-corrected chi connectivity index (χ0v) is 15.8. The highest BCUT2D eigenvalue weighted by Crippen LogP contribution is 2.32. The van der Waals surface area contributed by atoms with Gasteiger partial charge in [0.05, 0.1) is 5.69 Å². The summed E-state index contributed by atoms with van der Waals surface area (Å²) in [7, 11) is 0. The first-order valence-electron chi connectivity index (χ1n) is 9.36. The van der Waals surface area contributed by atoms with Crippen molar-refractivity contribution in [3.8, 4) is 11.5 Å². The van der Waals surface area contributed by atoms with Crippen molar-refractivity contribution in [1.29, 1.82) is 0 Å². The summed E-state index contributed by atoms with van der Waals surface area (Å²) in [4.78, 5) is 24.8. The van der Waals surface area contributed by atoms with E-state index in [4.69, 9.17) is 9.47 Å². The molecule has 4 rings (SSSR count). The van der Waals surface area contributed by atoms with Gasteiger partial charge in [-0.1, -0.05) is 13.3 Å². The Balaban J connectivity index is 1.54.